The molecule has 32 heavy (non-hydrogen) atoms. The maximum absolute atomic E-state index is 13.3. The Labute approximate surface area is 186 Å². The number of methoxy groups -OCH3 is 1. The van der Waals surface area contributed by atoms with Crippen LogP contribution < -0.4 is 19.7 Å². The number of ether oxygens (including phenoxy) is 4. The van der Waals surface area contributed by atoms with Crippen LogP contribution in [0.5, 0.6) is 11.8 Å². The van der Waals surface area contributed by atoms with Gasteiger partial charge in [0.2, 0.25) is 11.8 Å². The zero-order valence-corrected chi connectivity index (χ0v) is 18.4. The van der Waals surface area contributed by atoms with E-state index in [9.17, 15) is 13.6 Å². The lowest BCUT2D eigenvalue weighted by Crippen LogP contribution is -2.56. The molecule has 1 aromatic rings. The topological polar surface area (TPSA) is 82.2 Å². The average Bonchev–Trinajstić information content (AvgIpc) is 3.63. The van der Waals surface area contributed by atoms with Crippen molar-refractivity contribution in [1.29, 1.82) is 0 Å². The van der Waals surface area contributed by atoms with Gasteiger partial charge >= 0.3 is 6.09 Å². The average molecular weight is 456 g/mol. The Morgan fingerprint density at radius 1 is 1.22 bits per heavy atom. The molecule has 1 atom stereocenters. The highest BCUT2D eigenvalue weighted by atomic mass is 19.3. The first-order valence-electron chi connectivity index (χ1n) is 11.2. The Balaban J connectivity index is 1.34. The van der Waals surface area contributed by atoms with Crippen molar-refractivity contribution >= 4 is 11.8 Å². The summed E-state index contributed by atoms with van der Waals surface area (Å²) < 4.78 is 48.4. The number of aromatic nitrogens is 1. The van der Waals surface area contributed by atoms with Crippen LogP contribution in [0.2, 0.25) is 0 Å². The fraction of sp³-hybridized carbons (Fsp3) is 0.727. The Kier molecular flexibility index (Phi) is 7.30. The van der Waals surface area contributed by atoms with Gasteiger partial charge in [0.1, 0.15) is 5.69 Å². The number of halogens is 2. The predicted octanol–water partition coefficient (Wildman–Crippen LogP) is 3.25. The van der Waals surface area contributed by atoms with Crippen molar-refractivity contribution < 1.29 is 32.5 Å². The molecule has 10 heteroatoms. The van der Waals surface area contributed by atoms with Crippen LogP contribution >= 0.6 is 0 Å². The first-order valence-corrected chi connectivity index (χ1v) is 11.2. The van der Waals surface area contributed by atoms with E-state index >= 15 is 0 Å². The lowest BCUT2D eigenvalue weighted by atomic mass is 10.1. The molecule has 1 amide bonds. The lowest BCUT2D eigenvalue weighted by molar-refractivity contribution is -0.0265. The Hall–Kier alpha value is -2.20. The van der Waals surface area contributed by atoms with Crippen LogP contribution in [0.15, 0.2) is 12.1 Å². The molecule has 0 bridgehead atoms. The first-order chi connectivity index (χ1) is 15.4. The fourth-order valence-corrected chi connectivity index (χ4v) is 3.57. The van der Waals surface area contributed by atoms with Gasteiger partial charge in [0, 0.05) is 13.2 Å². The van der Waals surface area contributed by atoms with Crippen molar-refractivity contribution in [1.82, 2.24) is 10.3 Å². The van der Waals surface area contributed by atoms with Gasteiger partial charge in [0.15, 0.2) is 0 Å². The van der Waals surface area contributed by atoms with E-state index in [4.69, 9.17) is 18.9 Å². The van der Waals surface area contributed by atoms with E-state index in [1.165, 1.54) is 11.0 Å². The summed E-state index contributed by atoms with van der Waals surface area (Å²) in [5, 5.41) is 2.85. The van der Waals surface area contributed by atoms with Gasteiger partial charge in [0.05, 0.1) is 45.6 Å². The minimum Gasteiger partial charge on any atom is -0.476 e. The number of carbonyl (C=O) groups excluding carboxylic acids is 1. The Morgan fingerprint density at radius 2 is 1.97 bits per heavy atom. The molecule has 1 aliphatic heterocycles. The van der Waals surface area contributed by atoms with E-state index in [-0.39, 0.29) is 30.9 Å². The van der Waals surface area contributed by atoms with Gasteiger partial charge in [-0.05, 0) is 37.2 Å². The first kappa shape index (κ1) is 23.0. The number of carbonyl (C=O) groups is 1. The van der Waals surface area contributed by atoms with Crippen molar-refractivity contribution in [3.05, 3.63) is 12.1 Å². The van der Waals surface area contributed by atoms with E-state index in [1.807, 2.05) is 0 Å². The monoisotopic (exact) mass is 455 g/mol. The van der Waals surface area contributed by atoms with Crippen LogP contribution in [-0.2, 0) is 9.47 Å². The molecule has 1 aromatic heterocycles. The number of nitrogens with one attached hydrogen (secondary N) is 1. The maximum atomic E-state index is 13.3. The summed E-state index contributed by atoms with van der Waals surface area (Å²) in [5.41, 5.74) is 0.488. The number of hydrogen-bond donors (Lipinski definition) is 1. The SMILES string of the molecule is COCCOC[C@H](CC1CC1)NC(=O)Oc1ccc(N2CC(F)(F)C2)c(OCC2CC2)n1. The predicted molar refractivity (Wildman–Crippen MR) is 113 cm³/mol. The molecular weight excluding hydrogens is 424 g/mol. The molecule has 178 valence electrons. The molecule has 2 aliphatic carbocycles. The second-order valence-corrected chi connectivity index (χ2v) is 8.92. The number of amides is 1. The minimum absolute atomic E-state index is 0.0646. The lowest BCUT2D eigenvalue weighted by Gasteiger charge is -2.40. The van der Waals surface area contributed by atoms with Gasteiger partial charge in [-0.25, -0.2) is 13.6 Å². The molecule has 2 heterocycles. The highest BCUT2D eigenvalue weighted by Crippen LogP contribution is 2.39. The summed E-state index contributed by atoms with van der Waals surface area (Å²) in [5.74, 6) is -1.35. The highest BCUT2D eigenvalue weighted by molar-refractivity contribution is 5.70. The van der Waals surface area contributed by atoms with Crippen molar-refractivity contribution in [2.24, 2.45) is 11.8 Å². The van der Waals surface area contributed by atoms with Gasteiger partial charge in [-0.3, -0.25) is 0 Å². The molecule has 3 fully saturated rings. The summed E-state index contributed by atoms with van der Waals surface area (Å²) in [6.45, 7) is 1.04. The number of rotatable bonds is 13. The van der Waals surface area contributed by atoms with Gasteiger partial charge in [-0.15, -0.1) is 0 Å². The van der Waals surface area contributed by atoms with Crippen LogP contribution in [0.1, 0.15) is 32.1 Å². The summed E-state index contributed by atoms with van der Waals surface area (Å²) >= 11 is 0. The molecule has 8 nitrogen and oxygen atoms in total. The molecular formula is C22H31F2N3O5. The highest BCUT2D eigenvalue weighted by Gasteiger charge is 2.45. The quantitative estimate of drug-likeness (QED) is 0.457. The molecule has 3 aliphatic rings. The summed E-state index contributed by atoms with van der Waals surface area (Å²) in [6, 6.07) is 2.95. The maximum Gasteiger partial charge on any atom is 0.414 e. The fourth-order valence-electron chi connectivity index (χ4n) is 3.57. The zero-order valence-electron chi connectivity index (χ0n) is 18.4. The van der Waals surface area contributed by atoms with Gasteiger partial charge < -0.3 is 29.2 Å². The molecule has 1 saturated heterocycles. The molecule has 0 spiro atoms. The molecule has 4 rings (SSSR count). The molecule has 0 unspecified atom stereocenters. The third-order valence-corrected chi connectivity index (χ3v) is 5.74. The zero-order chi connectivity index (χ0) is 22.6. The van der Waals surface area contributed by atoms with Gasteiger partial charge in [0.25, 0.3) is 5.92 Å². The third-order valence-electron chi connectivity index (χ3n) is 5.74. The number of hydrogen-bond acceptors (Lipinski definition) is 7. The van der Waals surface area contributed by atoms with Crippen LogP contribution in [0.25, 0.3) is 0 Å². The second kappa shape index (κ2) is 10.2. The molecule has 0 radical (unpaired) electrons. The van der Waals surface area contributed by atoms with E-state index in [0.29, 0.717) is 44.0 Å². The van der Waals surface area contributed by atoms with Gasteiger partial charge in [-0.1, -0.05) is 12.8 Å². The van der Waals surface area contributed by atoms with E-state index < -0.39 is 12.0 Å². The number of nitrogens with zero attached hydrogens (tertiary/aromatic N) is 2. The van der Waals surface area contributed by atoms with Crippen molar-refractivity contribution in [3.63, 3.8) is 0 Å². The van der Waals surface area contributed by atoms with Crippen molar-refractivity contribution in [2.75, 3.05) is 51.5 Å². The molecule has 0 aromatic carbocycles. The van der Waals surface area contributed by atoms with Crippen molar-refractivity contribution in [2.45, 2.75) is 44.1 Å². The van der Waals surface area contributed by atoms with Crippen LogP contribution in [0.3, 0.4) is 0 Å². The smallest absolute Gasteiger partial charge is 0.414 e. The Bertz CT molecular complexity index is 781. The van der Waals surface area contributed by atoms with E-state index in [0.717, 1.165) is 32.1 Å². The standard InChI is InChI=1S/C22H31F2N3O5/c1-29-8-9-30-12-17(10-15-2-3-15)25-21(28)32-19-7-6-18(27-13-22(23,24)14-27)20(26-19)31-11-16-4-5-16/h6-7,15-17H,2-5,8-14H2,1H3,(H,25,28)/t17-/m0/s1. The normalized spacial score (nSPS) is 20.4. The van der Waals surface area contributed by atoms with Crippen LogP contribution in [0.4, 0.5) is 19.3 Å². The number of alkyl halides is 2. The summed E-state index contributed by atoms with van der Waals surface area (Å²) in [7, 11) is 1.61. The van der Waals surface area contributed by atoms with Crippen molar-refractivity contribution in [3.8, 4) is 11.8 Å². The minimum atomic E-state index is -2.70. The van der Waals surface area contributed by atoms with Crippen LogP contribution in [-0.4, -0.2) is 69.7 Å². The molecule has 1 N–H and O–H groups in total. The Morgan fingerprint density at radius 3 is 2.62 bits per heavy atom. The number of pyridine rings is 1. The molecule has 2 saturated carbocycles. The largest absolute Gasteiger partial charge is 0.476 e. The summed E-state index contributed by atoms with van der Waals surface area (Å²) in [6.07, 6.45) is 4.69. The number of anilines is 1. The van der Waals surface area contributed by atoms with Crippen LogP contribution in [0, 0.1) is 11.8 Å². The van der Waals surface area contributed by atoms with E-state index in [2.05, 4.69) is 10.3 Å². The second-order valence-electron chi connectivity index (χ2n) is 8.92. The third kappa shape index (κ3) is 6.90. The van der Waals surface area contributed by atoms with Gasteiger partial charge in [-0.2, -0.15) is 4.98 Å². The van der Waals surface area contributed by atoms with E-state index in [1.54, 1.807) is 13.2 Å². The summed E-state index contributed by atoms with van der Waals surface area (Å²) in [4.78, 5) is 18.3.